The summed E-state index contributed by atoms with van der Waals surface area (Å²) in [5, 5.41) is 18.0. The lowest BCUT2D eigenvalue weighted by atomic mass is 10.1. The highest BCUT2D eigenvalue weighted by molar-refractivity contribution is 7.92. The standard InChI is InChI=1S/C22H24N4O4S/c1-14-11-17(22(27)28)13-19(15(14)2)31(29,30)25-18-8-6-7-16(12-18)21-24-23-20-9-4-3-5-10-26(20)21/h6-8,11-13,25H,3-5,9-10H2,1-2H3,(H,27,28). The van der Waals surface area contributed by atoms with E-state index in [0.717, 1.165) is 49.4 Å². The molecule has 2 N–H and O–H groups in total. The second-order valence-corrected chi connectivity index (χ2v) is 9.46. The number of benzene rings is 2. The Bertz CT molecular complexity index is 1260. The SMILES string of the molecule is Cc1cc(C(=O)O)cc(S(=O)(=O)Nc2cccc(-c3nnc4n3CCCCC4)c2)c1C. The quantitative estimate of drug-likeness (QED) is 0.624. The Morgan fingerprint density at radius 3 is 2.68 bits per heavy atom. The number of nitrogens with one attached hydrogen (secondary N) is 1. The first-order valence-electron chi connectivity index (χ1n) is 10.2. The molecule has 8 nitrogen and oxygen atoms in total. The highest BCUT2D eigenvalue weighted by atomic mass is 32.2. The summed E-state index contributed by atoms with van der Waals surface area (Å²) in [6.45, 7) is 4.20. The normalized spacial score (nSPS) is 14.0. The summed E-state index contributed by atoms with van der Waals surface area (Å²) in [6, 6.07) is 9.67. The van der Waals surface area contributed by atoms with Crippen LogP contribution in [0.1, 0.15) is 46.6 Å². The van der Waals surface area contributed by atoms with Crippen LogP contribution in [0.5, 0.6) is 0 Å². The molecule has 1 aliphatic heterocycles. The number of aromatic carboxylic acids is 1. The van der Waals surface area contributed by atoms with Crippen molar-refractivity contribution in [2.24, 2.45) is 0 Å². The average molecular weight is 441 g/mol. The van der Waals surface area contributed by atoms with Crippen molar-refractivity contribution in [2.75, 3.05) is 4.72 Å². The highest BCUT2D eigenvalue weighted by Crippen LogP contribution is 2.27. The van der Waals surface area contributed by atoms with Crippen LogP contribution in [-0.2, 0) is 23.0 Å². The molecular weight excluding hydrogens is 416 g/mol. The summed E-state index contributed by atoms with van der Waals surface area (Å²) in [5.41, 5.74) is 2.19. The zero-order chi connectivity index (χ0) is 22.2. The third-order valence-electron chi connectivity index (χ3n) is 5.64. The van der Waals surface area contributed by atoms with E-state index in [2.05, 4.69) is 19.5 Å². The number of sulfonamides is 1. The molecule has 31 heavy (non-hydrogen) atoms. The fraction of sp³-hybridized carbons (Fsp3) is 0.318. The van der Waals surface area contributed by atoms with Gasteiger partial charge in [0.1, 0.15) is 5.82 Å². The van der Waals surface area contributed by atoms with Crippen molar-refractivity contribution < 1.29 is 18.3 Å². The maximum Gasteiger partial charge on any atom is 0.335 e. The van der Waals surface area contributed by atoms with Crippen LogP contribution in [0.2, 0.25) is 0 Å². The Hall–Kier alpha value is -3.20. The molecule has 4 rings (SSSR count). The number of rotatable bonds is 5. The number of fused-ring (bicyclic) bond motifs is 1. The zero-order valence-corrected chi connectivity index (χ0v) is 18.2. The molecule has 0 aliphatic carbocycles. The molecule has 0 unspecified atom stereocenters. The maximum absolute atomic E-state index is 13.1. The van der Waals surface area contributed by atoms with Gasteiger partial charge in [-0.15, -0.1) is 10.2 Å². The minimum atomic E-state index is -3.99. The van der Waals surface area contributed by atoms with E-state index in [9.17, 15) is 18.3 Å². The zero-order valence-electron chi connectivity index (χ0n) is 17.4. The molecular formula is C22H24N4O4S. The smallest absolute Gasteiger partial charge is 0.335 e. The summed E-state index contributed by atoms with van der Waals surface area (Å²) < 4.78 is 30.9. The fourth-order valence-corrected chi connectivity index (χ4v) is 5.25. The van der Waals surface area contributed by atoms with Gasteiger partial charge in [-0.05, 0) is 62.1 Å². The van der Waals surface area contributed by atoms with Crippen molar-refractivity contribution >= 4 is 21.7 Å². The molecule has 2 aromatic carbocycles. The number of nitrogens with zero attached hydrogens (tertiary/aromatic N) is 3. The molecule has 1 aromatic heterocycles. The van der Waals surface area contributed by atoms with Gasteiger partial charge in [0.25, 0.3) is 10.0 Å². The molecule has 2 heterocycles. The van der Waals surface area contributed by atoms with Gasteiger partial charge in [0, 0.05) is 24.2 Å². The van der Waals surface area contributed by atoms with Gasteiger partial charge in [-0.25, -0.2) is 13.2 Å². The van der Waals surface area contributed by atoms with Crippen LogP contribution >= 0.6 is 0 Å². The molecule has 0 bridgehead atoms. The predicted molar refractivity (Wildman–Crippen MR) is 117 cm³/mol. The average Bonchev–Trinajstić information content (AvgIpc) is 2.97. The third-order valence-corrected chi connectivity index (χ3v) is 7.15. The van der Waals surface area contributed by atoms with Crippen LogP contribution in [0.3, 0.4) is 0 Å². The molecule has 0 spiro atoms. The predicted octanol–water partition coefficient (Wildman–Crippen LogP) is 3.79. The van der Waals surface area contributed by atoms with Crippen LogP contribution < -0.4 is 4.72 Å². The molecule has 0 amide bonds. The van der Waals surface area contributed by atoms with Crippen LogP contribution in [0, 0.1) is 13.8 Å². The van der Waals surface area contributed by atoms with Crippen molar-refractivity contribution in [2.45, 2.75) is 51.0 Å². The molecule has 0 radical (unpaired) electrons. The second kappa shape index (κ2) is 8.14. The van der Waals surface area contributed by atoms with E-state index in [1.807, 2.05) is 6.07 Å². The number of carboxylic acid groups (broad SMARTS) is 1. The monoisotopic (exact) mass is 440 g/mol. The lowest BCUT2D eigenvalue weighted by Crippen LogP contribution is -2.16. The molecule has 0 saturated carbocycles. The van der Waals surface area contributed by atoms with Crippen molar-refractivity contribution in [3.8, 4) is 11.4 Å². The number of carbonyl (C=O) groups is 1. The molecule has 1 aliphatic rings. The highest BCUT2D eigenvalue weighted by Gasteiger charge is 2.22. The second-order valence-electron chi connectivity index (χ2n) is 7.81. The van der Waals surface area contributed by atoms with Crippen molar-refractivity contribution in [1.82, 2.24) is 14.8 Å². The Morgan fingerprint density at radius 2 is 1.90 bits per heavy atom. The number of aromatic nitrogens is 3. The Morgan fingerprint density at radius 1 is 1.10 bits per heavy atom. The maximum atomic E-state index is 13.1. The van der Waals surface area contributed by atoms with E-state index in [4.69, 9.17) is 0 Å². The number of anilines is 1. The van der Waals surface area contributed by atoms with Gasteiger partial charge in [0.2, 0.25) is 0 Å². The number of hydrogen-bond donors (Lipinski definition) is 2. The van der Waals surface area contributed by atoms with Crippen molar-refractivity contribution in [3.63, 3.8) is 0 Å². The summed E-state index contributed by atoms with van der Waals surface area (Å²) in [7, 11) is -3.99. The fourth-order valence-electron chi connectivity index (χ4n) is 3.86. The van der Waals surface area contributed by atoms with Crippen LogP contribution in [0.25, 0.3) is 11.4 Å². The topological polar surface area (TPSA) is 114 Å². The summed E-state index contributed by atoms with van der Waals surface area (Å²) in [6.07, 6.45) is 4.18. The van der Waals surface area contributed by atoms with E-state index in [0.29, 0.717) is 16.8 Å². The van der Waals surface area contributed by atoms with Crippen LogP contribution in [0.4, 0.5) is 5.69 Å². The van der Waals surface area contributed by atoms with Gasteiger partial charge in [-0.2, -0.15) is 0 Å². The molecule has 3 aromatic rings. The Kier molecular flexibility index (Phi) is 5.53. The first-order valence-corrected chi connectivity index (χ1v) is 11.6. The van der Waals surface area contributed by atoms with Gasteiger partial charge in [-0.1, -0.05) is 18.6 Å². The van der Waals surface area contributed by atoms with E-state index in [1.54, 1.807) is 32.0 Å². The molecule has 162 valence electrons. The van der Waals surface area contributed by atoms with Gasteiger partial charge >= 0.3 is 5.97 Å². The Labute approximate surface area is 181 Å². The molecule has 0 fully saturated rings. The first kappa shape index (κ1) is 21.0. The van der Waals surface area contributed by atoms with Crippen LogP contribution in [0.15, 0.2) is 41.3 Å². The lowest BCUT2D eigenvalue weighted by molar-refractivity contribution is 0.0696. The van der Waals surface area contributed by atoms with Crippen molar-refractivity contribution in [1.29, 1.82) is 0 Å². The minimum absolute atomic E-state index is 0.0494. The van der Waals surface area contributed by atoms with E-state index in [1.165, 1.54) is 12.1 Å². The van der Waals surface area contributed by atoms with Gasteiger partial charge in [0.15, 0.2) is 5.82 Å². The summed E-state index contributed by atoms with van der Waals surface area (Å²) in [4.78, 5) is 11.3. The number of hydrogen-bond acceptors (Lipinski definition) is 5. The van der Waals surface area contributed by atoms with E-state index < -0.39 is 16.0 Å². The number of carboxylic acids is 1. The van der Waals surface area contributed by atoms with E-state index in [-0.39, 0.29) is 10.5 Å². The summed E-state index contributed by atoms with van der Waals surface area (Å²) in [5.74, 6) is 0.502. The molecule has 0 atom stereocenters. The Balaban J connectivity index is 1.69. The van der Waals surface area contributed by atoms with Crippen molar-refractivity contribution in [3.05, 3.63) is 58.9 Å². The first-order chi connectivity index (χ1) is 14.8. The van der Waals surface area contributed by atoms with Gasteiger partial charge in [0.05, 0.1) is 10.5 Å². The third kappa shape index (κ3) is 4.18. The van der Waals surface area contributed by atoms with Crippen LogP contribution in [-0.4, -0.2) is 34.3 Å². The largest absolute Gasteiger partial charge is 0.478 e. The number of aryl methyl sites for hydroxylation is 2. The lowest BCUT2D eigenvalue weighted by Gasteiger charge is -2.14. The molecule has 0 saturated heterocycles. The van der Waals surface area contributed by atoms with Gasteiger partial charge < -0.3 is 9.67 Å². The minimum Gasteiger partial charge on any atom is -0.478 e. The van der Waals surface area contributed by atoms with E-state index >= 15 is 0 Å². The molecule has 9 heteroatoms. The van der Waals surface area contributed by atoms with Gasteiger partial charge in [-0.3, -0.25) is 4.72 Å². The summed E-state index contributed by atoms with van der Waals surface area (Å²) >= 11 is 0.